The van der Waals surface area contributed by atoms with Crippen LogP contribution in [0.15, 0.2) is 53.1 Å². The molecule has 0 aliphatic rings. The first-order valence-electron chi connectivity index (χ1n) is 8.22. The third-order valence-electron chi connectivity index (χ3n) is 3.75. The van der Waals surface area contributed by atoms with Gasteiger partial charge in [0.1, 0.15) is 17.3 Å². The molecule has 0 bridgehead atoms. The van der Waals surface area contributed by atoms with E-state index in [1.807, 2.05) is 43.3 Å². The fourth-order valence-corrected chi connectivity index (χ4v) is 2.55. The number of furan rings is 1. The van der Waals surface area contributed by atoms with Gasteiger partial charge in [0.25, 0.3) is 0 Å². The molecule has 3 aromatic rings. The van der Waals surface area contributed by atoms with Crippen LogP contribution in [-0.4, -0.2) is 23.6 Å². The number of hydrogen-bond donors (Lipinski definition) is 2. The Labute approximate surface area is 147 Å². The zero-order valence-corrected chi connectivity index (χ0v) is 14.5. The summed E-state index contributed by atoms with van der Waals surface area (Å²) in [7, 11) is 1.69. The van der Waals surface area contributed by atoms with Crippen molar-refractivity contribution < 1.29 is 9.15 Å². The van der Waals surface area contributed by atoms with E-state index in [-0.39, 0.29) is 0 Å². The van der Waals surface area contributed by atoms with E-state index >= 15 is 0 Å². The van der Waals surface area contributed by atoms with Crippen LogP contribution >= 0.6 is 0 Å². The maximum absolute atomic E-state index is 5.38. The normalized spacial score (nSPS) is 10.5. The molecule has 0 aliphatic carbocycles. The lowest BCUT2D eigenvalue weighted by Gasteiger charge is -2.11. The van der Waals surface area contributed by atoms with Crippen LogP contribution in [0.1, 0.15) is 17.0 Å². The smallest absolute Gasteiger partial charge is 0.225 e. The Morgan fingerprint density at radius 2 is 1.96 bits per heavy atom. The third kappa shape index (κ3) is 4.73. The summed E-state index contributed by atoms with van der Waals surface area (Å²) < 4.78 is 10.7. The summed E-state index contributed by atoms with van der Waals surface area (Å²) in [5.74, 6) is 3.13. The standard InChI is InChI=1S/C19H22N4O2/c1-14-12-18(20-10-9-15-6-3-4-8-17(15)24-2)23-19(22-14)21-13-16-7-5-11-25-16/h3-8,11-12H,9-10,13H2,1-2H3,(H2,20,21,22,23). The number of ether oxygens (including phenoxy) is 1. The van der Waals surface area contributed by atoms with Crippen molar-refractivity contribution in [3.05, 3.63) is 65.7 Å². The minimum Gasteiger partial charge on any atom is -0.496 e. The molecule has 3 rings (SSSR count). The molecule has 0 radical (unpaired) electrons. The van der Waals surface area contributed by atoms with Crippen LogP contribution in [0.5, 0.6) is 5.75 Å². The van der Waals surface area contributed by atoms with E-state index in [4.69, 9.17) is 9.15 Å². The minimum atomic E-state index is 0.553. The largest absolute Gasteiger partial charge is 0.496 e. The third-order valence-corrected chi connectivity index (χ3v) is 3.75. The molecule has 2 heterocycles. The number of methoxy groups -OCH3 is 1. The lowest BCUT2D eigenvalue weighted by molar-refractivity contribution is 0.410. The summed E-state index contributed by atoms with van der Waals surface area (Å²) in [6.45, 7) is 3.26. The predicted molar refractivity (Wildman–Crippen MR) is 98.0 cm³/mol. The van der Waals surface area contributed by atoms with Crippen LogP contribution in [0.2, 0.25) is 0 Å². The molecule has 0 fully saturated rings. The van der Waals surface area contributed by atoms with E-state index in [1.54, 1.807) is 13.4 Å². The molecule has 0 amide bonds. The quantitative estimate of drug-likeness (QED) is 0.653. The molecule has 0 spiro atoms. The van der Waals surface area contributed by atoms with E-state index in [2.05, 4.69) is 26.7 Å². The highest BCUT2D eigenvalue weighted by atomic mass is 16.5. The number of benzene rings is 1. The number of nitrogens with zero attached hydrogens (tertiary/aromatic N) is 2. The van der Waals surface area contributed by atoms with Gasteiger partial charge in [0, 0.05) is 18.3 Å². The van der Waals surface area contributed by atoms with Gasteiger partial charge >= 0.3 is 0 Å². The number of anilines is 2. The van der Waals surface area contributed by atoms with Gasteiger partial charge in [-0.05, 0) is 37.1 Å². The molecule has 0 atom stereocenters. The molecular formula is C19H22N4O2. The van der Waals surface area contributed by atoms with Crippen LogP contribution in [0.25, 0.3) is 0 Å². The summed E-state index contributed by atoms with van der Waals surface area (Å²) in [6, 6.07) is 13.7. The highest BCUT2D eigenvalue weighted by molar-refractivity contribution is 5.43. The van der Waals surface area contributed by atoms with Crippen molar-refractivity contribution in [1.82, 2.24) is 9.97 Å². The molecule has 2 N–H and O–H groups in total. The van der Waals surface area contributed by atoms with Gasteiger partial charge in [0.15, 0.2) is 0 Å². The van der Waals surface area contributed by atoms with E-state index in [0.29, 0.717) is 12.5 Å². The summed E-state index contributed by atoms with van der Waals surface area (Å²) >= 11 is 0. The van der Waals surface area contributed by atoms with Gasteiger partial charge < -0.3 is 19.8 Å². The fraction of sp³-hybridized carbons (Fsp3) is 0.263. The average molecular weight is 338 g/mol. The second-order valence-electron chi connectivity index (χ2n) is 5.64. The van der Waals surface area contributed by atoms with Crippen molar-refractivity contribution in [1.29, 1.82) is 0 Å². The van der Waals surface area contributed by atoms with Gasteiger partial charge in [-0.1, -0.05) is 18.2 Å². The summed E-state index contributed by atoms with van der Waals surface area (Å²) in [5, 5.41) is 6.53. The highest BCUT2D eigenvalue weighted by Crippen LogP contribution is 2.18. The number of nitrogens with one attached hydrogen (secondary N) is 2. The maximum atomic E-state index is 5.38. The molecular weight excluding hydrogens is 316 g/mol. The van der Waals surface area contributed by atoms with E-state index in [9.17, 15) is 0 Å². The van der Waals surface area contributed by atoms with E-state index in [1.165, 1.54) is 5.56 Å². The lowest BCUT2D eigenvalue weighted by atomic mass is 10.1. The second kappa shape index (κ2) is 8.19. The van der Waals surface area contributed by atoms with Gasteiger partial charge in [-0.2, -0.15) is 4.98 Å². The van der Waals surface area contributed by atoms with E-state index < -0.39 is 0 Å². The Balaban J connectivity index is 1.58. The van der Waals surface area contributed by atoms with Crippen molar-refractivity contribution in [2.45, 2.75) is 19.9 Å². The first-order chi connectivity index (χ1) is 12.2. The molecule has 0 unspecified atom stereocenters. The van der Waals surface area contributed by atoms with Crippen LogP contribution in [-0.2, 0) is 13.0 Å². The summed E-state index contributed by atoms with van der Waals surface area (Å²) in [5.41, 5.74) is 2.07. The van der Waals surface area contributed by atoms with Gasteiger partial charge in [-0.25, -0.2) is 4.98 Å². The predicted octanol–water partition coefficient (Wildman–Crippen LogP) is 3.65. The lowest BCUT2D eigenvalue weighted by Crippen LogP contribution is -2.10. The minimum absolute atomic E-state index is 0.553. The van der Waals surface area contributed by atoms with Crippen molar-refractivity contribution in [2.24, 2.45) is 0 Å². The number of aromatic nitrogens is 2. The SMILES string of the molecule is COc1ccccc1CCNc1cc(C)nc(NCc2ccco2)n1. The van der Waals surface area contributed by atoms with Gasteiger partial charge in [-0.15, -0.1) is 0 Å². The second-order valence-corrected chi connectivity index (χ2v) is 5.64. The molecule has 2 aromatic heterocycles. The molecule has 1 aromatic carbocycles. The van der Waals surface area contributed by atoms with Crippen LogP contribution in [0, 0.1) is 6.92 Å². The zero-order chi connectivity index (χ0) is 17.5. The van der Waals surface area contributed by atoms with Gasteiger partial charge in [-0.3, -0.25) is 0 Å². The maximum Gasteiger partial charge on any atom is 0.225 e. The molecule has 130 valence electrons. The summed E-state index contributed by atoms with van der Waals surface area (Å²) in [4.78, 5) is 8.90. The number of aryl methyl sites for hydroxylation is 1. The van der Waals surface area contributed by atoms with Crippen LogP contribution < -0.4 is 15.4 Å². The van der Waals surface area contributed by atoms with Crippen LogP contribution in [0.3, 0.4) is 0 Å². The molecule has 25 heavy (non-hydrogen) atoms. The number of rotatable bonds is 8. The molecule has 0 saturated carbocycles. The number of hydrogen-bond acceptors (Lipinski definition) is 6. The van der Waals surface area contributed by atoms with Crippen molar-refractivity contribution in [2.75, 3.05) is 24.3 Å². The average Bonchev–Trinajstić information content (AvgIpc) is 3.13. The van der Waals surface area contributed by atoms with E-state index in [0.717, 1.165) is 36.0 Å². The Morgan fingerprint density at radius 3 is 2.76 bits per heavy atom. The summed E-state index contributed by atoms with van der Waals surface area (Å²) in [6.07, 6.45) is 2.50. The number of para-hydroxylation sites is 1. The van der Waals surface area contributed by atoms with Crippen LogP contribution in [0.4, 0.5) is 11.8 Å². The Hall–Kier alpha value is -3.02. The van der Waals surface area contributed by atoms with Crippen molar-refractivity contribution in [3.63, 3.8) is 0 Å². The topological polar surface area (TPSA) is 72.2 Å². The first kappa shape index (κ1) is 16.8. The highest BCUT2D eigenvalue weighted by Gasteiger charge is 2.05. The van der Waals surface area contributed by atoms with Crippen molar-refractivity contribution in [3.8, 4) is 5.75 Å². The zero-order valence-electron chi connectivity index (χ0n) is 14.5. The Kier molecular flexibility index (Phi) is 5.51. The Morgan fingerprint density at radius 1 is 1.08 bits per heavy atom. The van der Waals surface area contributed by atoms with Crippen molar-refractivity contribution >= 4 is 11.8 Å². The monoisotopic (exact) mass is 338 g/mol. The molecule has 6 heteroatoms. The molecule has 0 saturated heterocycles. The molecule has 6 nitrogen and oxygen atoms in total. The fourth-order valence-electron chi connectivity index (χ4n) is 2.55. The first-order valence-corrected chi connectivity index (χ1v) is 8.22. The molecule has 0 aliphatic heterocycles. The Bertz CT molecular complexity index is 803. The van der Waals surface area contributed by atoms with Gasteiger partial charge in [0.2, 0.25) is 5.95 Å². The van der Waals surface area contributed by atoms with Gasteiger partial charge in [0.05, 0.1) is 19.9 Å².